The lowest BCUT2D eigenvalue weighted by atomic mass is 10.0. The highest BCUT2D eigenvalue weighted by molar-refractivity contribution is 6.07. The highest BCUT2D eigenvalue weighted by Crippen LogP contribution is 2.29. The molecule has 5 rings (SSSR count). The van der Waals surface area contributed by atoms with Crippen LogP contribution >= 0.6 is 0 Å². The largest absolute Gasteiger partial charge is 0.336 e. The van der Waals surface area contributed by atoms with Crippen molar-refractivity contribution in [3.8, 4) is 11.3 Å². The standard InChI is InChI=1S/C19H22N6O2/c1-12-17-15(19(26)25-7-6-24-5-3-4-14(24)11-25)8-16(21-18(17)27-22-12)13-9-20-23(2)10-13/h8-10,14H,3-7,11H2,1-2H3/t14-/m0/s1. The van der Waals surface area contributed by atoms with Gasteiger partial charge in [-0.15, -0.1) is 0 Å². The number of nitrogens with zero attached hydrogens (tertiary/aromatic N) is 6. The first kappa shape index (κ1) is 16.4. The predicted octanol–water partition coefficient (Wildman–Crippen LogP) is 1.85. The molecule has 1 atom stereocenters. The van der Waals surface area contributed by atoms with Gasteiger partial charge < -0.3 is 9.42 Å². The summed E-state index contributed by atoms with van der Waals surface area (Å²) in [5.41, 5.74) is 3.23. The minimum Gasteiger partial charge on any atom is -0.336 e. The van der Waals surface area contributed by atoms with Crippen molar-refractivity contribution in [3.05, 3.63) is 29.7 Å². The SMILES string of the molecule is Cc1noc2nc(-c3cnn(C)c3)cc(C(=O)N3CCN4CCC[C@H]4C3)c12. The van der Waals surface area contributed by atoms with Crippen molar-refractivity contribution < 1.29 is 9.32 Å². The molecule has 2 aliphatic heterocycles. The van der Waals surface area contributed by atoms with E-state index in [1.54, 1.807) is 10.9 Å². The first-order valence-corrected chi connectivity index (χ1v) is 9.39. The number of rotatable bonds is 2. The lowest BCUT2D eigenvalue weighted by molar-refractivity contribution is 0.0573. The molecule has 0 spiro atoms. The smallest absolute Gasteiger partial charge is 0.259 e. The summed E-state index contributed by atoms with van der Waals surface area (Å²) in [6.07, 6.45) is 6.01. The predicted molar refractivity (Wildman–Crippen MR) is 99.2 cm³/mol. The third-order valence-electron chi connectivity index (χ3n) is 5.72. The molecule has 0 N–H and O–H groups in total. The van der Waals surface area contributed by atoms with Gasteiger partial charge in [-0.2, -0.15) is 5.10 Å². The van der Waals surface area contributed by atoms with E-state index in [1.807, 2.05) is 31.1 Å². The van der Waals surface area contributed by atoms with Crippen LogP contribution in [0, 0.1) is 6.92 Å². The molecule has 2 saturated heterocycles. The van der Waals surface area contributed by atoms with E-state index >= 15 is 0 Å². The number of fused-ring (bicyclic) bond motifs is 2. The average molecular weight is 366 g/mol. The van der Waals surface area contributed by atoms with Crippen LogP contribution in [0.25, 0.3) is 22.4 Å². The van der Waals surface area contributed by atoms with E-state index in [2.05, 4.69) is 20.1 Å². The van der Waals surface area contributed by atoms with Crippen LogP contribution < -0.4 is 0 Å². The number of piperazine rings is 1. The summed E-state index contributed by atoms with van der Waals surface area (Å²) >= 11 is 0. The highest BCUT2D eigenvalue weighted by atomic mass is 16.5. The monoisotopic (exact) mass is 366 g/mol. The Kier molecular flexibility index (Phi) is 3.75. The molecule has 140 valence electrons. The van der Waals surface area contributed by atoms with Crippen LogP contribution in [0.2, 0.25) is 0 Å². The zero-order valence-electron chi connectivity index (χ0n) is 15.6. The Morgan fingerprint density at radius 1 is 1.30 bits per heavy atom. The van der Waals surface area contributed by atoms with Gasteiger partial charge in [-0.05, 0) is 32.4 Å². The van der Waals surface area contributed by atoms with E-state index in [0.717, 1.165) is 31.7 Å². The second-order valence-electron chi connectivity index (χ2n) is 7.49. The summed E-state index contributed by atoms with van der Waals surface area (Å²) in [5.74, 6) is 0.0328. The second-order valence-corrected chi connectivity index (χ2v) is 7.49. The quantitative estimate of drug-likeness (QED) is 0.689. The Balaban J connectivity index is 1.56. The molecular weight excluding hydrogens is 344 g/mol. The first-order chi connectivity index (χ1) is 13.1. The van der Waals surface area contributed by atoms with Crippen molar-refractivity contribution in [1.29, 1.82) is 0 Å². The van der Waals surface area contributed by atoms with E-state index < -0.39 is 0 Å². The summed E-state index contributed by atoms with van der Waals surface area (Å²) in [6.45, 7) is 5.49. The number of aryl methyl sites for hydroxylation is 2. The van der Waals surface area contributed by atoms with Gasteiger partial charge in [0.25, 0.3) is 11.6 Å². The summed E-state index contributed by atoms with van der Waals surface area (Å²) in [7, 11) is 1.85. The molecule has 8 nitrogen and oxygen atoms in total. The summed E-state index contributed by atoms with van der Waals surface area (Å²) in [4.78, 5) is 22.5. The van der Waals surface area contributed by atoms with Gasteiger partial charge in [0.2, 0.25) is 0 Å². The molecule has 3 aromatic heterocycles. The maximum atomic E-state index is 13.4. The van der Waals surface area contributed by atoms with Crippen LogP contribution in [-0.2, 0) is 7.05 Å². The van der Waals surface area contributed by atoms with Crippen molar-refractivity contribution in [1.82, 2.24) is 29.7 Å². The summed E-state index contributed by atoms with van der Waals surface area (Å²) in [6, 6.07) is 2.34. The normalized spacial score (nSPS) is 20.4. The van der Waals surface area contributed by atoms with Crippen LogP contribution in [0.5, 0.6) is 0 Å². The molecule has 1 amide bonds. The lowest BCUT2D eigenvalue weighted by Gasteiger charge is -2.37. The number of pyridine rings is 1. The molecule has 3 aromatic rings. The van der Waals surface area contributed by atoms with Gasteiger partial charge in [0.15, 0.2) is 0 Å². The summed E-state index contributed by atoms with van der Waals surface area (Å²) in [5, 5.41) is 8.96. The second kappa shape index (κ2) is 6.16. The molecule has 0 saturated carbocycles. The Morgan fingerprint density at radius 2 is 2.19 bits per heavy atom. The van der Waals surface area contributed by atoms with Crippen LogP contribution in [0.3, 0.4) is 0 Å². The Hall–Kier alpha value is -2.74. The highest BCUT2D eigenvalue weighted by Gasteiger charge is 2.34. The molecule has 2 fully saturated rings. The lowest BCUT2D eigenvalue weighted by Crippen LogP contribution is -2.52. The number of hydrogen-bond donors (Lipinski definition) is 0. The Morgan fingerprint density at radius 3 is 3.00 bits per heavy atom. The van der Waals surface area contributed by atoms with Crippen LogP contribution in [0.15, 0.2) is 23.0 Å². The zero-order valence-corrected chi connectivity index (χ0v) is 15.6. The fraction of sp³-hybridized carbons (Fsp3) is 0.474. The van der Waals surface area contributed by atoms with Crippen LogP contribution in [0.4, 0.5) is 0 Å². The first-order valence-electron chi connectivity index (χ1n) is 9.39. The van der Waals surface area contributed by atoms with E-state index in [4.69, 9.17) is 4.52 Å². The minimum atomic E-state index is 0.0328. The van der Waals surface area contributed by atoms with E-state index in [-0.39, 0.29) is 5.91 Å². The minimum absolute atomic E-state index is 0.0328. The van der Waals surface area contributed by atoms with Crippen LogP contribution in [-0.4, -0.2) is 67.8 Å². The number of carbonyl (C=O) groups excluding carboxylic acids is 1. The third-order valence-corrected chi connectivity index (χ3v) is 5.72. The molecule has 27 heavy (non-hydrogen) atoms. The van der Waals surface area contributed by atoms with Crippen molar-refractivity contribution in [2.24, 2.45) is 7.05 Å². The molecular formula is C19H22N6O2. The molecule has 0 unspecified atom stereocenters. The fourth-order valence-electron chi connectivity index (χ4n) is 4.31. The van der Waals surface area contributed by atoms with Gasteiger partial charge >= 0.3 is 0 Å². The van der Waals surface area contributed by atoms with Gasteiger partial charge in [-0.1, -0.05) is 5.16 Å². The van der Waals surface area contributed by atoms with Crippen molar-refractivity contribution in [2.45, 2.75) is 25.8 Å². The van der Waals surface area contributed by atoms with Gasteiger partial charge in [0.05, 0.1) is 28.5 Å². The topological polar surface area (TPSA) is 80.3 Å². The molecule has 2 aliphatic rings. The van der Waals surface area contributed by atoms with E-state index in [0.29, 0.717) is 34.1 Å². The third kappa shape index (κ3) is 2.71. The molecule has 0 radical (unpaired) electrons. The van der Waals surface area contributed by atoms with Gasteiger partial charge in [0.1, 0.15) is 0 Å². The molecule has 0 aromatic carbocycles. The Labute approximate surface area is 156 Å². The zero-order chi connectivity index (χ0) is 18.5. The van der Waals surface area contributed by atoms with Gasteiger partial charge in [-0.3, -0.25) is 14.4 Å². The average Bonchev–Trinajstić information content (AvgIpc) is 3.40. The van der Waals surface area contributed by atoms with Crippen molar-refractivity contribution in [3.63, 3.8) is 0 Å². The Bertz CT molecular complexity index is 1020. The van der Waals surface area contributed by atoms with Crippen molar-refractivity contribution >= 4 is 17.0 Å². The molecule has 0 bridgehead atoms. The number of amides is 1. The van der Waals surface area contributed by atoms with E-state index in [1.165, 1.54) is 12.8 Å². The molecule has 5 heterocycles. The van der Waals surface area contributed by atoms with Gasteiger partial charge in [0, 0.05) is 44.5 Å². The van der Waals surface area contributed by atoms with Crippen LogP contribution in [0.1, 0.15) is 28.9 Å². The van der Waals surface area contributed by atoms with Crippen molar-refractivity contribution in [2.75, 3.05) is 26.2 Å². The van der Waals surface area contributed by atoms with Gasteiger partial charge in [-0.25, -0.2) is 4.98 Å². The maximum absolute atomic E-state index is 13.4. The number of hydrogen-bond acceptors (Lipinski definition) is 6. The number of aromatic nitrogens is 4. The number of carbonyl (C=O) groups is 1. The summed E-state index contributed by atoms with van der Waals surface area (Å²) < 4.78 is 7.11. The molecule has 8 heteroatoms. The van der Waals surface area contributed by atoms with E-state index in [9.17, 15) is 4.79 Å². The fourth-order valence-corrected chi connectivity index (χ4v) is 4.31. The molecule has 0 aliphatic carbocycles. The maximum Gasteiger partial charge on any atom is 0.259 e.